The molecule has 2 aromatic carbocycles. The van der Waals surface area contributed by atoms with Crippen molar-refractivity contribution in [1.82, 2.24) is 24.3 Å². The van der Waals surface area contributed by atoms with Crippen molar-refractivity contribution < 1.29 is 14.2 Å². The standard InChI is InChI=1S/C34H30FN7O4/c35-25-17-22(20-4-5-20)16-21-9-11-41(34(45)30(21)25)26-2-1-3-27(24(26)19-43)42-28-8-10-36-33(44)31(28)32(39-42)38-29-7-6-23(18-37-29)40-12-14-46-15-13-40/h1-3,6-11,16-18,20,43H,4-5,12-15,19H2,(H,36,44)(H,37,38,39). The van der Waals surface area contributed by atoms with E-state index in [1.54, 1.807) is 47.4 Å². The molecule has 2 aliphatic rings. The number of hydrogen-bond acceptors (Lipinski definition) is 8. The largest absolute Gasteiger partial charge is 0.392 e. The summed E-state index contributed by atoms with van der Waals surface area (Å²) < 4.78 is 23.6. The van der Waals surface area contributed by atoms with Crippen molar-refractivity contribution in [2.75, 3.05) is 36.5 Å². The Morgan fingerprint density at radius 1 is 1.02 bits per heavy atom. The van der Waals surface area contributed by atoms with Crippen LogP contribution in [0.1, 0.15) is 29.9 Å². The van der Waals surface area contributed by atoms with E-state index in [2.05, 4.69) is 20.2 Å². The van der Waals surface area contributed by atoms with Crippen LogP contribution in [-0.2, 0) is 11.3 Å². The fraction of sp³-hybridized carbons (Fsp3) is 0.235. The van der Waals surface area contributed by atoms with Gasteiger partial charge in [-0.15, -0.1) is 5.10 Å². The second-order valence-corrected chi connectivity index (χ2v) is 11.6. The summed E-state index contributed by atoms with van der Waals surface area (Å²) in [5.41, 5.74) is 2.68. The molecular weight excluding hydrogens is 589 g/mol. The molecule has 0 bridgehead atoms. The predicted molar refractivity (Wildman–Crippen MR) is 173 cm³/mol. The van der Waals surface area contributed by atoms with Crippen LogP contribution in [0.3, 0.4) is 0 Å². The number of benzene rings is 2. The van der Waals surface area contributed by atoms with Crippen LogP contribution in [0, 0.1) is 5.82 Å². The van der Waals surface area contributed by atoms with Crippen molar-refractivity contribution >= 4 is 39.0 Å². The number of aliphatic hydroxyl groups excluding tert-OH is 1. The highest BCUT2D eigenvalue weighted by Crippen LogP contribution is 2.41. The maximum absolute atomic E-state index is 15.3. The Balaban J connectivity index is 1.21. The summed E-state index contributed by atoms with van der Waals surface area (Å²) in [5, 5.41) is 19.4. The van der Waals surface area contributed by atoms with Gasteiger partial charge in [-0.25, -0.2) is 14.1 Å². The van der Waals surface area contributed by atoms with Crippen LogP contribution in [-0.4, -0.2) is 55.7 Å². The number of anilines is 3. The van der Waals surface area contributed by atoms with E-state index in [-0.39, 0.29) is 16.8 Å². The number of nitrogens with one attached hydrogen (secondary N) is 2. The van der Waals surface area contributed by atoms with Crippen molar-refractivity contribution in [2.45, 2.75) is 25.4 Å². The number of fused-ring (bicyclic) bond motifs is 2. The van der Waals surface area contributed by atoms with Gasteiger partial charge in [0.05, 0.1) is 54.0 Å². The Kier molecular flexibility index (Phi) is 6.88. The smallest absolute Gasteiger partial charge is 0.265 e. The fourth-order valence-electron chi connectivity index (χ4n) is 6.28. The van der Waals surface area contributed by atoms with Gasteiger partial charge >= 0.3 is 0 Å². The SMILES string of the molecule is O=c1[nH]ccc2c1c(Nc1ccc(N3CCOCC3)cn1)nn2-c1cccc(-n2ccc3cc(C4CC4)cc(F)c3c2=O)c1CO. The first kappa shape index (κ1) is 28.2. The van der Waals surface area contributed by atoms with Gasteiger partial charge < -0.3 is 25.0 Å². The maximum atomic E-state index is 15.3. The topological polar surface area (TPSA) is 130 Å². The molecule has 12 heteroatoms. The Labute approximate surface area is 261 Å². The summed E-state index contributed by atoms with van der Waals surface area (Å²) in [5.74, 6) is 0.562. The van der Waals surface area contributed by atoms with Crippen LogP contribution in [0.2, 0.25) is 0 Å². The van der Waals surface area contributed by atoms with E-state index in [0.717, 1.165) is 37.2 Å². The van der Waals surface area contributed by atoms with Gasteiger partial charge in [-0.1, -0.05) is 12.1 Å². The molecule has 1 aliphatic carbocycles. The number of hydrogen-bond donors (Lipinski definition) is 3. The van der Waals surface area contributed by atoms with Gasteiger partial charge in [0.25, 0.3) is 11.1 Å². The average molecular weight is 620 g/mol. The minimum absolute atomic E-state index is 0.00380. The molecule has 3 N–H and O–H groups in total. The summed E-state index contributed by atoms with van der Waals surface area (Å²) in [6, 6.07) is 15.7. The van der Waals surface area contributed by atoms with Crippen LogP contribution < -0.4 is 21.3 Å². The second-order valence-electron chi connectivity index (χ2n) is 11.6. The van der Waals surface area contributed by atoms with E-state index < -0.39 is 18.0 Å². The number of pyridine rings is 3. The summed E-state index contributed by atoms with van der Waals surface area (Å²) in [7, 11) is 0. The van der Waals surface area contributed by atoms with E-state index in [0.29, 0.717) is 58.2 Å². The van der Waals surface area contributed by atoms with Crippen molar-refractivity contribution in [2.24, 2.45) is 0 Å². The highest BCUT2D eigenvalue weighted by molar-refractivity contribution is 5.92. The molecule has 0 atom stereocenters. The Morgan fingerprint density at radius 2 is 1.85 bits per heavy atom. The third kappa shape index (κ3) is 4.82. The molecule has 11 nitrogen and oxygen atoms in total. The fourth-order valence-corrected chi connectivity index (χ4v) is 6.28. The van der Waals surface area contributed by atoms with Crippen LogP contribution in [0.4, 0.5) is 21.7 Å². The molecule has 0 radical (unpaired) electrons. The average Bonchev–Trinajstić information content (AvgIpc) is 3.87. The third-order valence-electron chi connectivity index (χ3n) is 8.77. The zero-order chi connectivity index (χ0) is 31.4. The molecule has 5 heterocycles. The monoisotopic (exact) mass is 619 g/mol. The molecule has 0 unspecified atom stereocenters. The zero-order valence-electron chi connectivity index (χ0n) is 24.7. The van der Waals surface area contributed by atoms with E-state index >= 15 is 4.39 Å². The third-order valence-corrected chi connectivity index (χ3v) is 8.77. The van der Waals surface area contributed by atoms with Crippen LogP contribution >= 0.6 is 0 Å². The minimum atomic E-state index is -0.556. The molecule has 46 heavy (non-hydrogen) atoms. The van der Waals surface area contributed by atoms with Crippen molar-refractivity contribution in [3.63, 3.8) is 0 Å². The lowest BCUT2D eigenvalue weighted by Crippen LogP contribution is -2.36. The van der Waals surface area contributed by atoms with E-state index in [9.17, 15) is 14.7 Å². The van der Waals surface area contributed by atoms with Gasteiger partial charge in [-0.3, -0.25) is 14.2 Å². The number of ether oxygens (including phenoxy) is 1. The summed E-state index contributed by atoms with van der Waals surface area (Å²) >= 11 is 0. The second kappa shape index (κ2) is 11.2. The number of aliphatic hydroxyl groups is 1. The Bertz CT molecular complexity index is 2230. The van der Waals surface area contributed by atoms with Crippen LogP contribution in [0.5, 0.6) is 0 Å². The van der Waals surface area contributed by atoms with Crippen molar-refractivity contribution in [3.8, 4) is 11.4 Å². The van der Waals surface area contributed by atoms with Crippen molar-refractivity contribution in [1.29, 1.82) is 0 Å². The maximum Gasteiger partial charge on any atom is 0.265 e. The number of aromatic nitrogens is 5. The Hall–Kier alpha value is -5.33. The number of rotatable bonds is 7. The molecular formula is C34H30FN7O4. The van der Waals surface area contributed by atoms with E-state index in [1.807, 2.05) is 18.2 Å². The molecule has 1 saturated heterocycles. The number of H-pyrrole nitrogens is 1. The van der Waals surface area contributed by atoms with Gasteiger partial charge in [-0.05, 0) is 72.2 Å². The number of halogens is 1. The van der Waals surface area contributed by atoms with Crippen LogP contribution in [0.15, 0.2) is 82.8 Å². The summed E-state index contributed by atoms with van der Waals surface area (Å²) in [6.45, 7) is 2.45. The quantitative estimate of drug-likeness (QED) is 0.238. The van der Waals surface area contributed by atoms with Gasteiger partial charge in [0, 0.05) is 31.0 Å². The highest BCUT2D eigenvalue weighted by Gasteiger charge is 2.26. The van der Waals surface area contributed by atoms with Crippen molar-refractivity contribution in [3.05, 3.63) is 111 Å². The van der Waals surface area contributed by atoms with E-state index in [4.69, 9.17) is 9.84 Å². The molecule has 0 spiro atoms. The van der Waals surface area contributed by atoms with Gasteiger partial charge in [0.2, 0.25) is 0 Å². The lowest BCUT2D eigenvalue weighted by molar-refractivity contribution is 0.122. The summed E-state index contributed by atoms with van der Waals surface area (Å²) in [6.07, 6.45) is 6.94. The van der Waals surface area contributed by atoms with Crippen LogP contribution in [0.25, 0.3) is 33.1 Å². The zero-order valence-corrected chi connectivity index (χ0v) is 24.7. The van der Waals surface area contributed by atoms with Gasteiger partial charge in [0.15, 0.2) is 5.82 Å². The Morgan fingerprint density at radius 3 is 2.61 bits per heavy atom. The molecule has 1 saturated carbocycles. The molecule has 6 aromatic rings. The molecule has 8 rings (SSSR count). The first-order chi connectivity index (χ1) is 22.5. The number of nitrogens with zero attached hydrogens (tertiary/aromatic N) is 5. The minimum Gasteiger partial charge on any atom is -0.392 e. The molecule has 1 aliphatic heterocycles. The first-order valence-electron chi connectivity index (χ1n) is 15.2. The number of aromatic amines is 1. The lowest BCUT2D eigenvalue weighted by atomic mass is 10.0. The van der Waals surface area contributed by atoms with E-state index in [1.165, 1.54) is 16.8 Å². The van der Waals surface area contributed by atoms with Gasteiger partial charge in [0.1, 0.15) is 17.0 Å². The molecule has 232 valence electrons. The molecule has 2 fully saturated rings. The van der Waals surface area contributed by atoms with Gasteiger partial charge in [-0.2, -0.15) is 0 Å². The molecule has 4 aromatic heterocycles. The molecule has 0 amide bonds. The summed E-state index contributed by atoms with van der Waals surface area (Å²) in [4.78, 5) is 36.2. The number of morpholine rings is 1. The lowest BCUT2D eigenvalue weighted by Gasteiger charge is -2.28. The highest BCUT2D eigenvalue weighted by atomic mass is 19.1. The normalized spacial score (nSPS) is 15.1. The predicted octanol–water partition coefficient (Wildman–Crippen LogP) is 4.50. The first-order valence-corrected chi connectivity index (χ1v) is 15.2.